The molecule has 710 valence electrons. The van der Waals surface area contributed by atoms with Crippen LogP contribution < -0.4 is 29.4 Å². The Morgan fingerprint density at radius 2 is 0.360 bits per heavy atom. The Kier molecular flexibility index (Phi) is 23.4. The Balaban J connectivity index is 0.000000111. The zero-order valence-electron chi connectivity index (χ0n) is 81.2. The van der Waals surface area contributed by atoms with E-state index in [0.29, 0.717) is 0 Å². The minimum absolute atomic E-state index is 0.851. The number of hydrogen-bond acceptors (Lipinski definition) is 12. The molecular formula is C138H92N6O3S3. The molecule has 0 saturated carbocycles. The van der Waals surface area contributed by atoms with Crippen LogP contribution in [0.15, 0.2) is 571 Å². The smallest absolute Gasteiger partial charge is 0.137 e. The van der Waals surface area contributed by atoms with Gasteiger partial charge >= 0.3 is 0 Å². The topological polar surface area (TPSA) is 58.9 Å². The predicted octanol–water partition coefficient (Wildman–Crippen LogP) is 42.0. The first-order valence-electron chi connectivity index (χ1n) is 50.4. The van der Waals surface area contributed by atoms with Crippen LogP contribution in [0.3, 0.4) is 0 Å². The highest BCUT2D eigenvalue weighted by atomic mass is 32.1. The molecule has 0 aliphatic carbocycles. The van der Waals surface area contributed by atoms with Crippen LogP contribution in [0.5, 0.6) is 0 Å². The molecule has 0 fully saturated rings. The van der Waals surface area contributed by atoms with Gasteiger partial charge in [-0.05, 0) is 289 Å². The summed E-state index contributed by atoms with van der Waals surface area (Å²) >= 11 is 5.52. The lowest BCUT2D eigenvalue weighted by atomic mass is 10.0. The Bertz CT molecular complexity index is 9870. The van der Waals surface area contributed by atoms with E-state index >= 15 is 0 Å². The van der Waals surface area contributed by atoms with Crippen molar-refractivity contribution in [3.05, 3.63) is 558 Å². The first kappa shape index (κ1) is 89.7. The number of nitrogens with zero attached hydrogens (tertiary/aromatic N) is 6. The highest BCUT2D eigenvalue weighted by Gasteiger charge is 2.27. The van der Waals surface area contributed by atoms with Gasteiger partial charge in [0.25, 0.3) is 0 Å². The van der Waals surface area contributed by atoms with E-state index in [2.05, 4.69) is 588 Å². The van der Waals surface area contributed by atoms with E-state index in [4.69, 9.17) is 13.3 Å². The summed E-state index contributed by atoms with van der Waals surface area (Å²) in [6.07, 6.45) is 0. The average Bonchev–Trinajstić information content (AvgIpc) is 1.59. The lowest BCUT2D eigenvalue weighted by Crippen LogP contribution is -2.10. The minimum Gasteiger partial charge on any atom is -0.456 e. The van der Waals surface area contributed by atoms with Gasteiger partial charge in [0.2, 0.25) is 0 Å². The van der Waals surface area contributed by atoms with Gasteiger partial charge < -0.3 is 42.7 Å². The molecule has 150 heavy (non-hydrogen) atoms. The van der Waals surface area contributed by atoms with Crippen molar-refractivity contribution in [1.82, 2.24) is 0 Å². The van der Waals surface area contributed by atoms with E-state index in [0.717, 1.165) is 168 Å². The van der Waals surface area contributed by atoms with Gasteiger partial charge in [0.1, 0.15) is 33.5 Å². The molecule has 0 unspecified atom stereocenters. The summed E-state index contributed by atoms with van der Waals surface area (Å²) in [5.41, 5.74) is 29.5. The van der Waals surface area contributed by atoms with Gasteiger partial charge in [-0.2, -0.15) is 0 Å². The van der Waals surface area contributed by atoms with Gasteiger partial charge in [0, 0.05) is 196 Å². The Labute approximate surface area is 878 Å². The molecule has 29 rings (SSSR count). The van der Waals surface area contributed by atoms with Crippen molar-refractivity contribution < 1.29 is 13.3 Å². The van der Waals surface area contributed by atoms with Crippen molar-refractivity contribution >= 4 is 263 Å². The third kappa shape index (κ3) is 17.0. The third-order valence-electron chi connectivity index (χ3n) is 28.3. The minimum atomic E-state index is 0.851. The molecule has 0 bridgehead atoms. The summed E-state index contributed by atoms with van der Waals surface area (Å²) in [7, 11) is 0. The number of hydrogen-bond donors (Lipinski definition) is 0. The molecule has 0 amide bonds. The molecule has 9 nitrogen and oxygen atoms in total. The summed E-state index contributed by atoms with van der Waals surface area (Å²) < 4.78 is 27.5. The quantitative estimate of drug-likeness (QED) is 0.0743. The van der Waals surface area contributed by atoms with Crippen molar-refractivity contribution in [2.75, 3.05) is 29.4 Å². The molecule has 6 heterocycles. The van der Waals surface area contributed by atoms with E-state index in [1.807, 2.05) is 34.0 Å². The van der Waals surface area contributed by atoms with E-state index in [9.17, 15) is 0 Å². The van der Waals surface area contributed by atoms with Gasteiger partial charge in [-0.3, -0.25) is 0 Å². The number of furan rings is 3. The number of para-hydroxylation sites is 7. The molecule has 12 heteroatoms. The van der Waals surface area contributed by atoms with Gasteiger partial charge in [-0.1, -0.05) is 279 Å². The van der Waals surface area contributed by atoms with Crippen LogP contribution in [-0.2, 0) is 0 Å². The van der Waals surface area contributed by atoms with Crippen LogP contribution in [0.2, 0.25) is 0 Å². The fourth-order valence-electron chi connectivity index (χ4n) is 21.3. The highest BCUT2D eigenvalue weighted by Crippen LogP contribution is 2.52. The molecule has 29 aromatic rings. The third-order valence-corrected chi connectivity index (χ3v) is 31.7. The standard InChI is InChI=1S/2C48H32N2OS.C42H28N2OS/c1-4-13-33(14-5-1)34-23-25-37(26-24-34)49(39-28-30-47-41(31-39)40-19-10-11-22-46(40)52-47)38-27-29-44-42(32-38)48-43(20-12-21-45(48)51-44)50(35-15-6-2-7-16-35)36-17-8-3-9-18-36;1-4-12-33(13-5-1)34-20-22-37(23-21-34)50(40-25-28-43-42-18-10-11-19-47(42)52-48(43)32-40)39-24-27-41-44-30-38(26-29-45(44)51-46(41)31-39)49(35-14-6-2-7-15-35)36-16-8-3-9-17-36;1-4-12-29(13-5-1)43(30-14-6-2-7-15-30)32-21-24-39-37(26-32)35-23-20-34(28-40(35)45-39)44(31-16-8-3-9-17-31)33-22-25-42-38(27-33)36-18-10-11-19-41(36)46-42/h2*1-32H;1-28H. The maximum Gasteiger partial charge on any atom is 0.137 e. The molecule has 0 radical (unpaired) electrons. The zero-order chi connectivity index (χ0) is 99.3. The largest absolute Gasteiger partial charge is 0.456 e. The van der Waals surface area contributed by atoms with Crippen LogP contribution in [0.1, 0.15) is 0 Å². The fraction of sp³-hybridized carbons (Fsp3) is 0. The van der Waals surface area contributed by atoms with Gasteiger partial charge in [0.15, 0.2) is 0 Å². The van der Waals surface area contributed by atoms with Crippen LogP contribution in [0.4, 0.5) is 102 Å². The number of anilines is 18. The summed E-state index contributed by atoms with van der Waals surface area (Å²) in [5.74, 6) is 0. The van der Waals surface area contributed by atoms with Crippen LogP contribution in [-0.4, -0.2) is 0 Å². The average molecular weight is 1980 g/mol. The maximum absolute atomic E-state index is 6.61. The molecule has 0 aliphatic rings. The molecule has 0 N–H and O–H groups in total. The van der Waals surface area contributed by atoms with Crippen molar-refractivity contribution in [3.8, 4) is 22.3 Å². The SMILES string of the molecule is c1ccc(-c2ccc(N(c3ccc4c(c3)oc3ccc(N(c5ccccc5)c5ccccc5)cc34)c3ccc4c(c3)sc3ccccc34)cc2)cc1.c1ccc(-c2ccc(N(c3ccc4sc5ccccc5c4c3)c3ccc4oc5cccc(N(c6ccccc6)c6ccccc6)c5c4c3)cc2)cc1.c1ccc(N(c2ccccc2)c2ccc3oc4cc(N(c5ccccc5)c5ccc6sc7ccccc7c6c5)ccc4c3c2)cc1. The second-order valence-electron chi connectivity index (χ2n) is 37.4. The normalized spacial score (nSPS) is 11.5. The van der Waals surface area contributed by atoms with E-state index in [1.54, 1.807) is 0 Å². The van der Waals surface area contributed by atoms with E-state index < -0.39 is 0 Å². The fourth-order valence-corrected chi connectivity index (χ4v) is 24.6. The van der Waals surface area contributed by atoms with Gasteiger partial charge in [0.05, 0.1) is 11.1 Å². The second-order valence-corrected chi connectivity index (χ2v) is 40.6. The first-order chi connectivity index (χ1) is 74.3. The molecule has 23 aromatic carbocycles. The van der Waals surface area contributed by atoms with E-state index in [1.165, 1.54) is 82.8 Å². The van der Waals surface area contributed by atoms with Gasteiger partial charge in [-0.15, -0.1) is 34.0 Å². The second kappa shape index (κ2) is 39.1. The lowest BCUT2D eigenvalue weighted by Gasteiger charge is -2.27. The first-order valence-corrected chi connectivity index (χ1v) is 52.9. The lowest BCUT2D eigenvalue weighted by molar-refractivity contribution is 0.668. The molecule has 0 spiro atoms. The van der Waals surface area contributed by atoms with Crippen molar-refractivity contribution in [2.24, 2.45) is 0 Å². The summed E-state index contributed by atoms with van der Waals surface area (Å²) in [6.45, 7) is 0. The summed E-state index contributed by atoms with van der Waals surface area (Å²) in [5, 5.41) is 14.2. The maximum atomic E-state index is 6.61. The monoisotopic (exact) mass is 1980 g/mol. The Hall–Kier alpha value is -19.1. The molecular weight excluding hydrogens is 1890 g/mol. The highest BCUT2D eigenvalue weighted by molar-refractivity contribution is 7.26. The molecule has 6 aromatic heterocycles. The Morgan fingerprint density at radius 1 is 0.120 bits per heavy atom. The molecule has 0 aliphatic heterocycles. The van der Waals surface area contributed by atoms with Crippen molar-refractivity contribution in [2.45, 2.75) is 0 Å². The van der Waals surface area contributed by atoms with Crippen LogP contribution in [0, 0.1) is 0 Å². The van der Waals surface area contributed by atoms with Crippen molar-refractivity contribution in [3.63, 3.8) is 0 Å². The number of rotatable bonds is 20. The van der Waals surface area contributed by atoms with Gasteiger partial charge in [-0.25, -0.2) is 0 Å². The number of benzene rings is 23. The van der Waals surface area contributed by atoms with Crippen LogP contribution >= 0.6 is 34.0 Å². The zero-order valence-corrected chi connectivity index (χ0v) is 83.7. The van der Waals surface area contributed by atoms with Crippen LogP contribution in [0.25, 0.3) is 149 Å². The summed E-state index contributed by atoms with van der Waals surface area (Å²) in [4.78, 5) is 13.9. The molecule has 0 atom stereocenters. The summed E-state index contributed by atoms with van der Waals surface area (Å²) in [6, 6.07) is 198. The number of thiophene rings is 3. The number of fused-ring (bicyclic) bond motifs is 18. The van der Waals surface area contributed by atoms with E-state index in [-0.39, 0.29) is 0 Å². The van der Waals surface area contributed by atoms with Crippen molar-refractivity contribution in [1.29, 1.82) is 0 Å². The predicted molar refractivity (Wildman–Crippen MR) is 639 cm³/mol. The molecule has 0 saturated heterocycles. The Morgan fingerprint density at radius 3 is 0.740 bits per heavy atom.